The van der Waals surface area contributed by atoms with Gasteiger partial charge in [-0.25, -0.2) is 9.78 Å². The maximum Gasteiger partial charge on any atom is 0.316 e. The van der Waals surface area contributed by atoms with Gasteiger partial charge in [0.1, 0.15) is 5.69 Å². The van der Waals surface area contributed by atoms with Crippen LogP contribution < -0.4 is 11.1 Å². The van der Waals surface area contributed by atoms with Gasteiger partial charge in [-0.2, -0.15) is 0 Å². The average Bonchev–Trinajstić information content (AvgIpc) is 2.60. The number of amides is 2. The van der Waals surface area contributed by atoms with Gasteiger partial charge in [-0.3, -0.25) is 0 Å². The Bertz CT molecular complexity index is 535. The molecule has 0 radical (unpaired) electrons. The molecule has 2 aromatic heterocycles. The fourth-order valence-electron chi connectivity index (χ4n) is 1.42. The van der Waals surface area contributed by atoms with Crippen LogP contribution in [0.1, 0.15) is 5.69 Å². The molecule has 0 aliphatic rings. The summed E-state index contributed by atoms with van der Waals surface area (Å²) < 4.78 is 0.927. The van der Waals surface area contributed by atoms with E-state index in [2.05, 4.69) is 10.3 Å². The Balaban J connectivity index is 2.71. The van der Waals surface area contributed by atoms with E-state index in [1.165, 1.54) is 11.3 Å². The molecule has 2 aromatic rings. The molecule has 2 amide bonds. The zero-order valence-electron chi connectivity index (χ0n) is 7.94. The molecule has 0 aliphatic carbocycles. The van der Waals surface area contributed by atoms with Crippen LogP contribution in [0.4, 0.5) is 10.5 Å². The van der Waals surface area contributed by atoms with Gasteiger partial charge in [0.2, 0.25) is 5.88 Å². The molecule has 2 rings (SSSR count). The number of pyridine rings is 1. The Morgan fingerprint density at radius 3 is 3.07 bits per heavy atom. The Morgan fingerprint density at radius 1 is 1.67 bits per heavy atom. The van der Waals surface area contributed by atoms with Crippen molar-refractivity contribution in [1.82, 2.24) is 4.98 Å². The molecular weight excluding hydrogens is 214 g/mol. The molecule has 0 unspecified atom stereocenters. The van der Waals surface area contributed by atoms with Gasteiger partial charge < -0.3 is 16.2 Å². The second-order valence-corrected chi connectivity index (χ2v) is 3.96. The average molecular weight is 223 g/mol. The zero-order chi connectivity index (χ0) is 11.0. The predicted molar refractivity (Wildman–Crippen MR) is 59.2 cm³/mol. The highest BCUT2D eigenvalue weighted by Gasteiger charge is 2.13. The Labute approximate surface area is 89.5 Å². The van der Waals surface area contributed by atoms with Gasteiger partial charge in [0, 0.05) is 5.39 Å². The molecule has 0 aromatic carbocycles. The first kappa shape index (κ1) is 9.72. The van der Waals surface area contributed by atoms with Crippen molar-refractivity contribution < 1.29 is 9.90 Å². The molecule has 5 nitrogen and oxygen atoms in total. The van der Waals surface area contributed by atoms with E-state index < -0.39 is 6.03 Å². The number of aromatic hydroxyl groups is 1. The van der Waals surface area contributed by atoms with Crippen LogP contribution in [0.5, 0.6) is 5.88 Å². The number of thiophene rings is 1. The van der Waals surface area contributed by atoms with E-state index in [1.54, 1.807) is 13.0 Å². The highest BCUT2D eigenvalue weighted by Crippen LogP contribution is 2.35. The third-order valence-corrected chi connectivity index (χ3v) is 3.03. The number of nitrogens with one attached hydrogen (secondary N) is 1. The van der Waals surface area contributed by atoms with Crippen LogP contribution in [0.25, 0.3) is 10.1 Å². The summed E-state index contributed by atoms with van der Waals surface area (Å²) in [4.78, 5) is 14.7. The summed E-state index contributed by atoms with van der Waals surface area (Å²) in [6.45, 7) is 1.80. The van der Waals surface area contributed by atoms with Crippen molar-refractivity contribution in [1.29, 1.82) is 0 Å². The van der Waals surface area contributed by atoms with Crippen LogP contribution >= 0.6 is 11.3 Å². The molecule has 0 fully saturated rings. The lowest BCUT2D eigenvalue weighted by Gasteiger charge is -2.06. The van der Waals surface area contributed by atoms with Crippen molar-refractivity contribution in [2.24, 2.45) is 5.73 Å². The first-order valence-corrected chi connectivity index (χ1v) is 5.11. The minimum absolute atomic E-state index is 0.211. The van der Waals surface area contributed by atoms with Gasteiger partial charge in [-0.15, -0.1) is 11.3 Å². The van der Waals surface area contributed by atoms with Crippen LogP contribution in [-0.2, 0) is 0 Å². The number of rotatable bonds is 1. The number of nitrogens with zero attached hydrogens (tertiary/aromatic N) is 1. The normalized spacial score (nSPS) is 10.5. The van der Waals surface area contributed by atoms with Gasteiger partial charge >= 0.3 is 6.03 Å². The number of aromatic nitrogens is 1. The lowest BCUT2D eigenvalue weighted by atomic mass is 10.2. The summed E-state index contributed by atoms with van der Waals surface area (Å²) in [5.41, 5.74) is 6.00. The number of hydrogen-bond donors (Lipinski definition) is 3. The van der Waals surface area contributed by atoms with E-state index in [9.17, 15) is 9.90 Å². The summed E-state index contributed by atoms with van der Waals surface area (Å²) >= 11 is 1.50. The van der Waals surface area contributed by atoms with Gasteiger partial charge in [-0.05, 0) is 18.4 Å². The lowest BCUT2D eigenvalue weighted by molar-refractivity contribution is 0.259. The number of carbonyl (C=O) groups excluding carboxylic acids is 1. The van der Waals surface area contributed by atoms with Gasteiger partial charge in [0.05, 0.1) is 10.4 Å². The maximum absolute atomic E-state index is 10.7. The molecule has 0 aliphatic heterocycles. The highest BCUT2D eigenvalue weighted by molar-refractivity contribution is 7.17. The lowest BCUT2D eigenvalue weighted by Crippen LogP contribution is -2.19. The van der Waals surface area contributed by atoms with Gasteiger partial charge in [-0.1, -0.05) is 0 Å². The predicted octanol–water partition coefficient (Wildman–Crippen LogP) is 1.80. The molecule has 0 atom stereocenters. The molecule has 6 heteroatoms. The first-order valence-electron chi connectivity index (χ1n) is 4.23. The number of primary amides is 1. The van der Waals surface area contributed by atoms with Crippen LogP contribution in [0.15, 0.2) is 11.4 Å². The van der Waals surface area contributed by atoms with Crippen molar-refractivity contribution in [2.75, 3.05) is 5.32 Å². The number of fused-ring (bicyclic) bond motifs is 1. The van der Waals surface area contributed by atoms with Crippen molar-refractivity contribution in [3.63, 3.8) is 0 Å². The number of carbonyl (C=O) groups is 1. The highest BCUT2D eigenvalue weighted by atomic mass is 32.1. The SMILES string of the molecule is Cc1nc(O)c(NC(N)=O)c2ccsc12. The van der Waals surface area contributed by atoms with E-state index in [-0.39, 0.29) is 11.6 Å². The van der Waals surface area contributed by atoms with Crippen LogP contribution in [-0.4, -0.2) is 16.1 Å². The van der Waals surface area contributed by atoms with E-state index in [1.807, 2.05) is 5.38 Å². The van der Waals surface area contributed by atoms with Crippen molar-refractivity contribution in [2.45, 2.75) is 6.92 Å². The third kappa shape index (κ3) is 1.59. The van der Waals surface area contributed by atoms with E-state index in [0.29, 0.717) is 0 Å². The second-order valence-electron chi connectivity index (χ2n) is 3.05. The summed E-state index contributed by atoms with van der Waals surface area (Å²) in [6, 6.07) is 1.09. The first-order chi connectivity index (χ1) is 7.09. The number of aryl methyl sites for hydroxylation is 1. The second kappa shape index (κ2) is 3.39. The monoisotopic (exact) mass is 223 g/mol. The maximum atomic E-state index is 10.7. The standard InChI is InChI=1S/C9H9N3O2S/c1-4-7-5(2-3-15-7)6(8(13)11-4)12-9(10)14/h2-3H,1H3,(H,11,13)(H3,10,12,14). The minimum atomic E-state index is -0.719. The molecule has 0 bridgehead atoms. The summed E-state index contributed by atoms with van der Waals surface area (Å²) in [5, 5.41) is 14.6. The third-order valence-electron chi connectivity index (χ3n) is 2.01. The Morgan fingerprint density at radius 2 is 2.40 bits per heavy atom. The number of anilines is 1. The minimum Gasteiger partial charge on any atom is -0.492 e. The molecule has 15 heavy (non-hydrogen) atoms. The number of hydrogen-bond acceptors (Lipinski definition) is 4. The molecule has 0 saturated heterocycles. The van der Waals surface area contributed by atoms with E-state index >= 15 is 0 Å². The fourth-order valence-corrected chi connectivity index (χ4v) is 2.27. The van der Waals surface area contributed by atoms with Crippen LogP contribution in [0.3, 0.4) is 0 Å². The Kier molecular flexibility index (Phi) is 2.20. The van der Waals surface area contributed by atoms with Gasteiger partial charge in [0.15, 0.2) is 0 Å². The van der Waals surface area contributed by atoms with Crippen LogP contribution in [0, 0.1) is 6.92 Å². The number of urea groups is 1. The Hall–Kier alpha value is -1.82. The molecule has 2 heterocycles. The quantitative estimate of drug-likeness (QED) is 0.688. The summed E-state index contributed by atoms with van der Waals surface area (Å²) in [7, 11) is 0. The molecule has 0 spiro atoms. The molecule has 78 valence electrons. The van der Waals surface area contributed by atoms with Crippen molar-refractivity contribution >= 4 is 33.1 Å². The number of nitrogens with two attached hydrogens (primary N) is 1. The largest absolute Gasteiger partial charge is 0.492 e. The smallest absolute Gasteiger partial charge is 0.316 e. The summed E-state index contributed by atoms with van der Waals surface area (Å²) in [5.74, 6) is -0.211. The summed E-state index contributed by atoms with van der Waals surface area (Å²) in [6.07, 6.45) is 0. The molecule has 4 N–H and O–H groups in total. The zero-order valence-corrected chi connectivity index (χ0v) is 8.76. The van der Waals surface area contributed by atoms with Crippen LogP contribution in [0.2, 0.25) is 0 Å². The van der Waals surface area contributed by atoms with Crippen molar-refractivity contribution in [3.8, 4) is 5.88 Å². The molecular formula is C9H9N3O2S. The fraction of sp³-hybridized carbons (Fsp3) is 0.111. The topological polar surface area (TPSA) is 88.2 Å². The van der Waals surface area contributed by atoms with Gasteiger partial charge in [0.25, 0.3) is 0 Å². The molecule has 0 saturated carbocycles. The van der Waals surface area contributed by atoms with E-state index in [4.69, 9.17) is 5.73 Å². The van der Waals surface area contributed by atoms with Crippen molar-refractivity contribution in [3.05, 3.63) is 17.1 Å². The van der Waals surface area contributed by atoms with E-state index in [0.717, 1.165) is 15.8 Å².